The zero-order valence-corrected chi connectivity index (χ0v) is 16.6. The van der Waals surface area contributed by atoms with E-state index in [1.54, 1.807) is 23.2 Å². The minimum absolute atomic E-state index is 0.0927. The smallest absolute Gasteiger partial charge is 0.258 e. The Hall–Kier alpha value is -4.12. The number of amides is 1. The van der Waals surface area contributed by atoms with Crippen molar-refractivity contribution in [2.45, 2.75) is 25.9 Å². The van der Waals surface area contributed by atoms with E-state index in [4.69, 9.17) is 0 Å². The molecule has 152 valence electrons. The average Bonchev–Trinajstić information content (AvgIpc) is 3.33. The molecule has 5 rings (SSSR count). The summed E-state index contributed by atoms with van der Waals surface area (Å²) >= 11 is 0. The van der Waals surface area contributed by atoms with Gasteiger partial charge in [-0.15, -0.1) is 0 Å². The normalized spacial score (nSPS) is 15.3. The van der Waals surface area contributed by atoms with Crippen LogP contribution in [0.15, 0.2) is 48.7 Å². The third-order valence-corrected chi connectivity index (χ3v) is 5.78. The number of benzene rings is 2. The molecule has 7 nitrogen and oxygen atoms in total. The lowest BCUT2D eigenvalue weighted by atomic mass is 9.94. The number of halogens is 1. The van der Waals surface area contributed by atoms with E-state index in [2.05, 4.69) is 26.5 Å². The van der Waals surface area contributed by atoms with Crippen molar-refractivity contribution < 1.29 is 9.18 Å². The molecule has 0 bridgehead atoms. The van der Waals surface area contributed by atoms with Gasteiger partial charge in [0.05, 0.1) is 11.6 Å². The van der Waals surface area contributed by atoms with Crippen molar-refractivity contribution in [2.75, 3.05) is 0 Å². The van der Waals surface area contributed by atoms with E-state index < -0.39 is 11.9 Å². The summed E-state index contributed by atoms with van der Waals surface area (Å²) in [7, 11) is 0. The average molecular weight is 412 g/mol. The minimum atomic E-state index is -0.537. The van der Waals surface area contributed by atoms with E-state index in [-0.39, 0.29) is 18.0 Å². The first-order valence-electron chi connectivity index (χ1n) is 9.80. The fraction of sp³-hybridized carbons (Fsp3) is 0.174. The summed E-state index contributed by atoms with van der Waals surface area (Å²) in [5.74, 6) is -0.899. The molecule has 4 aromatic rings. The van der Waals surface area contributed by atoms with Crippen LogP contribution < -0.4 is 0 Å². The van der Waals surface area contributed by atoms with E-state index in [1.807, 2.05) is 31.2 Å². The second kappa shape index (κ2) is 7.29. The zero-order valence-electron chi connectivity index (χ0n) is 16.6. The Balaban J connectivity index is 1.58. The van der Waals surface area contributed by atoms with Crippen LogP contribution in [0.2, 0.25) is 0 Å². The highest BCUT2D eigenvalue weighted by Crippen LogP contribution is 2.39. The first-order valence-corrected chi connectivity index (χ1v) is 9.80. The number of aromatic amines is 1. The molecule has 0 radical (unpaired) electrons. The summed E-state index contributed by atoms with van der Waals surface area (Å²) in [5.41, 5.74) is 4.99. The van der Waals surface area contributed by atoms with E-state index in [1.165, 1.54) is 6.07 Å². The van der Waals surface area contributed by atoms with E-state index in [0.717, 1.165) is 22.2 Å². The van der Waals surface area contributed by atoms with Crippen molar-refractivity contribution in [2.24, 2.45) is 0 Å². The van der Waals surface area contributed by atoms with Crippen LogP contribution in [0, 0.1) is 24.1 Å². The third kappa shape index (κ3) is 3.11. The lowest BCUT2D eigenvalue weighted by Crippen LogP contribution is -2.29. The second-order valence-corrected chi connectivity index (χ2v) is 7.57. The molecule has 0 spiro atoms. The summed E-state index contributed by atoms with van der Waals surface area (Å²) in [5, 5.41) is 20.3. The molecule has 1 aliphatic rings. The molecule has 2 aromatic heterocycles. The number of aromatic nitrogens is 4. The summed E-state index contributed by atoms with van der Waals surface area (Å²) in [6.07, 6.45) is 1.96. The van der Waals surface area contributed by atoms with Crippen LogP contribution in [0.4, 0.5) is 4.39 Å². The lowest BCUT2D eigenvalue weighted by molar-refractivity contribution is 0.0706. The largest absolute Gasteiger partial charge is 0.327 e. The van der Waals surface area contributed by atoms with Crippen LogP contribution in [-0.2, 0) is 13.0 Å². The van der Waals surface area contributed by atoms with Gasteiger partial charge in [0, 0.05) is 19.2 Å². The standard InChI is InChI=1S/C23H17FN6O/c1-13-7-8-26-20(11-25)16(13)10-21-15-3-2-4-17(24)22(15)23(31)30(21)12-14-5-6-18-19(9-14)28-29-27-18/h2-9,21H,10,12H2,1H3,(H,27,28,29). The van der Waals surface area contributed by atoms with Crippen LogP contribution >= 0.6 is 0 Å². The molecule has 0 saturated heterocycles. The Morgan fingerprint density at radius 3 is 2.87 bits per heavy atom. The minimum Gasteiger partial charge on any atom is -0.327 e. The topological polar surface area (TPSA) is 98.6 Å². The van der Waals surface area contributed by atoms with Gasteiger partial charge < -0.3 is 4.90 Å². The predicted octanol–water partition coefficient (Wildman–Crippen LogP) is 3.61. The number of fused-ring (bicyclic) bond motifs is 2. The summed E-state index contributed by atoms with van der Waals surface area (Å²) in [4.78, 5) is 19.1. The maximum absolute atomic E-state index is 14.6. The monoisotopic (exact) mass is 412 g/mol. The van der Waals surface area contributed by atoms with Gasteiger partial charge in [0.2, 0.25) is 0 Å². The van der Waals surface area contributed by atoms with Gasteiger partial charge in [0.15, 0.2) is 0 Å². The Morgan fingerprint density at radius 1 is 1.19 bits per heavy atom. The van der Waals surface area contributed by atoms with Gasteiger partial charge in [-0.3, -0.25) is 4.79 Å². The lowest BCUT2D eigenvalue weighted by Gasteiger charge is -2.26. The Labute approximate surface area is 177 Å². The van der Waals surface area contributed by atoms with E-state index >= 15 is 0 Å². The number of nitrogens with one attached hydrogen (secondary N) is 1. The second-order valence-electron chi connectivity index (χ2n) is 7.57. The maximum atomic E-state index is 14.6. The number of pyridine rings is 1. The van der Waals surface area contributed by atoms with Gasteiger partial charge in [0.25, 0.3) is 5.91 Å². The van der Waals surface area contributed by atoms with Crippen molar-refractivity contribution in [3.8, 4) is 6.07 Å². The van der Waals surface area contributed by atoms with E-state index in [9.17, 15) is 14.4 Å². The Morgan fingerprint density at radius 2 is 2.03 bits per heavy atom. The van der Waals surface area contributed by atoms with Crippen LogP contribution in [0.5, 0.6) is 0 Å². The molecule has 0 saturated carbocycles. The van der Waals surface area contributed by atoms with Gasteiger partial charge in [0.1, 0.15) is 28.6 Å². The number of carbonyl (C=O) groups excluding carboxylic acids is 1. The predicted molar refractivity (Wildman–Crippen MR) is 110 cm³/mol. The number of nitrogens with zero attached hydrogens (tertiary/aromatic N) is 5. The van der Waals surface area contributed by atoms with Crippen molar-refractivity contribution in [3.05, 3.63) is 88.0 Å². The third-order valence-electron chi connectivity index (χ3n) is 5.78. The van der Waals surface area contributed by atoms with Gasteiger partial charge in [-0.2, -0.15) is 20.7 Å². The first-order chi connectivity index (χ1) is 15.1. The van der Waals surface area contributed by atoms with Crippen molar-refractivity contribution in [1.29, 1.82) is 5.26 Å². The molecule has 8 heteroatoms. The molecule has 0 fully saturated rings. The van der Waals surface area contributed by atoms with Gasteiger partial charge in [-0.05, 0) is 53.4 Å². The van der Waals surface area contributed by atoms with Crippen molar-refractivity contribution >= 4 is 16.9 Å². The number of H-pyrrole nitrogens is 1. The highest BCUT2D eigenvalue weighted by molar-refractivity contribution is 5.99. The molecule has 1 atom stereocenters. The van der Waals surface area contributed by atoms with Gasteiger partial charge in [-0.25, -0.2) is 9.37 Å². The zero-order chi connectivity index (χ0) is 21.5. The quantitative estimate of drug-likeness (QED) is 0.552. The Kier molecular flexibility index (Phi) is 4.44. The maximum Gasteiger partial charge on any atom is 0.258 e. The number of hydrogen-bond donors (Lipinski definition) is 1. The number of aryl methyl sites for hydroxylation is 1. The Bertz CT molecular complexity index is 1370. The highest BCUT2D eigenvalue weighted by atomic mass is 19.1. The van der Waals surface area contributed by atoms with Gasteiger partial charge in [-0.1, -0.05) is 18.2 Å². The first kappa shape index (κ1) is 18.9. The molecular weight excluding hydrogens is 395 g/mol. The molecule has 1 amide bonds. The van der Waals surface area contributed by atoms with E-state index in [0.29, 0.717) is 23.2 Å². The molecule has 0 aliphatic carbocycles. The van der Waals surface area contributed by atoms with Crippen LogP contribution in [0.1, 0.15) is 44.3 Å². The molecule has 31 heavy (non-hydrogen) atoms. The molecule has 2 aromatic carbocycles. The number of nitriles is 1. The van der Waals surface area contributed by atoms with Crippen LogP contribution in [-0.4, -0.2) is 31.2 Å². The fourth-order valence-corrected chi connectivity index (χ4v) is 4.22. The molecule has 1 unspecified atom stereocenters. The van der Waals surface area contributed by atoms with Crippen molar-refractivity contribution in [3.63, 3.8) is 0 Å². The van der Waals surface area contributed by atoms with Crippen molar-refractivity contribution in [1.82, 2.24) is 25.3 Å². The highest BCUT2D eigenvalue weighted by Gasteiger charge is 2.39. The number of carbonyl (C=O) groups is 1. The summed E-state index contributed by atoms with van der Waals surface area (Å²) in [6.45, 7) is 2.19. The SMILES string of the molecule is Cc1ccnc(C#N)c1CC1c2cccc(F)c2C(=O)N1Cc1ccc2n[nH]nc2c1. The summed E-state index contributed by atoms with van der Waals surface area (Å²) < 4.78 is 14.6. The molecule has 1 N–H and O–H groups in total. The number of rotatable bonds is 4. The molecular formula is C23H17FN6O. The molecule has 1 aliphatic heterocycles. The van der Waals surface area contributed by atoms with Crippen LogP contribution in [0.3, 0.4) is 0 Å². The van der Waals surface area contributed by atoms with Gasteiger partial charge >= 0.3 is 0 Å². The molecule has 3 heterocycles. The fourth-order valence-electron chi connectivity index (χ4n) is 4.22. The number of hydrogen-bond acceptors (Lipinski definition) is 5. The van der Waals surface area contributed by atoms with Crippen LogP contribution in [0.25, 0.3) is 11.0 Å². The summed E-state index contributed by atoms with van der Waals surface area (Å²) in [6, 6.07) is 13.8.